The normalized spacial score (nSPS) is 21.7. The van der Waals surface area contributed by atoms with Gasteiger partial charge in [0.25, 0.3) is 0 Å². The Labute approximate surface area is 127 Å². The molecule has 1 aromatic rings. The van der Waals surface area contributed by atoms with E-state index in [9.17, 15) is 0 Å². The Bertz CT molecular complexity index is 465. The maximum absolute atomic E-state index is 6.14. The van der Waals surface area contributed by atoms with Crippen molar-refractivity contribution < 1.29 is 0 Å². The van der Waals surface area contributed by atoms with Crippen molar-refractivity contribution >= 4 is 5.96 Å². The molecule has 0 bridgehead atoms. The molecule has 0 spiro atoms. The van der Waals surface area contributed by atoms with Gasteiger partial charge in [-0.15, -0.1) is 0 Å². The van der Waals surface area contributed by atoms with Crippen molar-refractivity contribution in [2.24, 2.45) is 10.7 Å². The predicted octanol–water partition coefficient (Wildman–Crippen LogP) is 2.69. The first-order valence-corrected chi connectivity index (χ1v) is 8.42. The molecule has 5 nitrogen and oxygen atoms in total. The number of rotatable bonds is 3. The van der Waals surface area contributed by atoms with Crippen LogP contribution in [0.4, 0.5) is 0 Å². The molecule has 2 fully saturated rings. The Morgan fingerprint density at radius 3 is 2.57 bits per heavy atom. The van der Waals surface area contributed by atoms with Crippen LogP contribution in [-0.4, -0.2) is 33.7 Å². The smallest absolute Gasteiger partial charge is 0.191 e. The van der Waals surface area contributed by atoms with Crippen LogP contribution in [0.25, 0.3) is 0 Å². The van der Waals surface area contributed by atoms with Gasteiger partial charge in [-0.1, -0.05) is 25.7 Å². The molecule has 116 valence electrons. The molecule has 0 unspecified atom stereocenters. The fourth-order valence-corrected chi connectivity index (χ4v) is 3.40. The minimum Gasteiger partial charge on any atom is -0.370 e. The maximum Gasteiger partial charge on any atom is 0.191 e. The van der Waals surface area contributed by atoms with E-state index in [0.717, 1.165) is 18.8 Å². The van der Waals surface area contributed by atoms with Crippen LogP contribution >= 0.6 is 0 Å². The van der Waals surface area contributed by atoms with Gasteiger partial charge >= 0.3 is 0 Å². The average Bonchev–Trinajstić information content (AvgIpc) is 3.11. The van der Waals surface area contributed by atoms with Crippen molar-refractivity contribution in [1.82, 2.24) is 14.7 Å². The summed E-state index contributed by atoms with van der Waals surface area (Å²) in [6.45, 7) is 2.69. The molecule has 21 heavy (non-hydrogen) atoms. The zero-order valence-corrected chi connectivity index (χ0v) is 12.9. The Morgan fingerprint density at radius 2 is 1.86 bits per heavy atom. The quantitative estimate of drug-likeness (QED) is 0.687. The zero-order chi connectivity index (χ0) is 14.5. The molecule has 0 atom stereocenters. The molecule has 5 heteroatoms. The van der Waals surface area contributed by atoms with Crippen molar-refractivity contribution in [3.8, 4) is 0 Å². The van der Waals surface area contributed by atoms with E-state index in [0.29, 0.717) is 18.5 Å². The summed E-state index contributed by atoms with van der Waals surface area (Å²) in [6.07, 6.45) is 12.4. The summed E-state index contributed by atoms with van der Waals surface area (Å²) in [5.41, 5.74) is 7.16. The molecule has 1 aliphatic carbocycles. The highest BCUT2D eigenvalue weighted by molar-refractivity contribution is 5.78. The molecule has 1 aromatic heterocycles. The Balaban J connectivity index is 1.56. The van der Waals surface area contributed by atoms with Crippen molar-refractivity contribution in [2.75, 3.05) is 13.1 Å². The second kappa shape index (κ2) is 6.96. The van der Waals surface area contributed by atoms with Crippen LogP contribution in [0, 0.1) is 0 Å². The van der Waals surface area contributed by atoms with Crippen LogP contribution < -0.4 is 5.73 Å². The van der Waals surface area contributed by atoms with Gasteiger partial charge in [-0.2, -0.15) is 5.10 Å². The molecule has 1 saturated heterocycles. The van der Waals surface area contributed by atoms with Gasteiger partial charge in [0.2, 0.25) is 0 Å². The molecule has 0 amide bonds. The average molecular weight is 289 g/mol. The van der Waals surface area contributed by atoms with Crippen molar-refractivity contribution in [3.63, 3.8) is 0 Å². The number of guanidine groups is 1. The molecule has 2 heterocycles. The highest BCUT2D eigenvalue weighted by atomic mass is 15.3. The van der Waals surface area contributed by atoms with Crippen LogP contribution in [0.5, 0.6) is 0 Å². The fraction of sp³-hybridized carbons (Fsp3) is 0.750. The number of nitrogens with two attached hydrogens (primary N) is 1. The lowest BCUT2D eigenvalue weighted by Crippen LogP contribution is -2.38. The maximum atomic E-state index is 6.14. The summed E-state index contributed by atoms with van der Waals surface area (Å²) >= 11 is 0. The number of nitrogens with zero attached hydrogens (tertiary/aromatic N) is 4. The number of aromatic nitrogens is 2. The highest BCUT2D eigenvalue weighted by Gasteiger charge is 2.17. The van der Waals surface area contributed by atoms with Crippen molar-refractivity contribution in [3.05, 3.63) is 18.0 Å². The minimum atomic E-state index is 0.599. The van der Waals surface area contributed by atoms with Crippen LogP contribution in [0.1, 0.15) is 63.1 Å². The summed E-state index contributed by atoms with van der Waals surface area (Å²) in [4.78, 5) is 6.77. The standard InChI is InChI=1S/C16H27N5/c17-16(20-10-5-1-2-6-11-20)18-13-14-9-12-21(19-14)15-7-3-4-8-15/h9,12,15H,1-8,10-11,13H2,(H2,17,18). The van der Waals surface area contributed by atoms with E-state index in [1.54, 1.807) is 0 Å². The number of aliphatic imine (C=N–C) groups is 1. The van der Waals surface area contributed by atoms with E-state index < -0.39 is 0 Å². The van der Waals surface area contributed by atoms with Crippen molar-refractivity contribution in [1.29, 1.82) is 0 Å². The lowest BCUT2D eigenvalue weighted by molar-refractivity contribution is 0.428. The summed E-state index contributed by atoms with van der Waals surface area (Å²) in [7, 11) is 0. The molecule has 1 saturated carbocycles. The summed E-state index contributed by atoms with van der Waals surface area (Å²) in [6, 6.07) is 2.68. The summed E-state index contributed by atoms with van der Waals surface area (Å²) in [5.74, 6) is 0.687. The van der Waals surface area contributed by atoms with E-state index in [1.807, 2.05) is 0 Å². The van der Waals surface area contributed by atoms with Gasteiger partial charge in [0.15, 0.2) is 5.96 Å². The van der Waals surface area contributed by atoms with Gasteiger partial charge in [-0.3, -0.25) is 4.68 Å². The van der Waals surface area contributed by atoms with Crippen LogP contribution in [0.3, 0.4) is 0 Å². The number of hydrogen-bond acceptors (Lipinski definition) is 2. The van der Waals surface area contributed by atoms with Crippen LogP contribution in [0.15, 0.2) is 17.3 Å². The SMILES string of the molecule is NC(=NCc1ccn(C2CCCC2)n1)N1CCCCCC1. The lowest BCUT2D eigenvalue weighted by Gasteiger charge is -2.20. The number of likely N-dealkylation sites (tertiary alicyclic amines) is 1. The zero-order valence-electron chi connectivity index (χ0n) is 12.9. The second-order valence-corrected chi connectivity index (χ2v) is 6.30. The van der Waals surface area contributed by atoms with E-state index in [2.05, 4.69) is 31.9 Å². The van der Waals surface area contributed by atoms with Gasteiger partial charge in [0, 0.05) is 19.3 Å². The Morgan fingerprint density at radius 1 is 1.14 bits per heavy atom. The van der Waals surface area contributed by atoms with Gasteiger partial charge in [-0.05, 0) is 31.7 Å². The van der Waals surface area contributed by atoms with Crippen LogP contribution in [-0.2, 0) is 6.54 Å². The Hall–Kier alpha value is -1.52. The van der Waals surface area contributed by atoms with E-state index in [4.69, 9.17) is 5.73 Å². The fourth-order valence-electron chi connectivity index (χ4n) is 3.40. The topological polar surface area (TPSA) is 59.4 Å². The summed E-state index contributed by atoms with van der Waals surface area (Å²) < 4.78 is 2.12. The molecule has 3 rings (SSSR count). The van der Waals surface area contributed by atoms with E-state index >= 15 is 0 Å². The minimum absolute atomic E-state index is 0.599. The predicted molar refractivity (Wildman–Crippen MR) is 85.1 cm³/mol. The Kier molecular flexibility index (Phi) is 4.78. The molecule has 0 radical (unpaired) electrons. The largest absolute Gasteiger partial charge is 0.370 e. The van der Waals surface area contributed by atoms with E-state index in [1.165, 1.54) is 51.4 Å². The van der Waals surface area contributed by atoms with Gasteiger partial charge < -0.3 is 10.6 Å². The third-order valence-corrected chi connectivity index (χ3v) is 4.70. The highest BCUT2D eigenvalue weighted by Crippen LogP contribution is 2.28. The first-order chi connectivity index (χ1) is 10.3. The lowest BCUT2D eigenvalue weighted by atomic mass is 10.2. The molecule has 1 aliphatic heterocycles. The third-order valence-electron chi connectivity index (χ3n) is 4.70. The first kappa shape index (κ1) is 14.4. The van der Waals surface area contributed by atoms with Crippen molar-refractivity contribution in [2.45, 2.75) is 64.0 Å². The van der Waals surface area contributed by atoms with Crippen LogP contribution in [0.2, 0.25) is 0 Å². The number of hydrogen-bond donors (Lipinski definition) is 1. The summed E-state index contributed by atoms with van der Waals surface area (Å²) in [5, 5.41) is 4.66. The van der Waals surface area contributed by atoms with Gasteiger partial charge in [-0.25, -0.2) is 4.99 Å². The molecular formula is C16H27N5. The van der Waals surface area contributed by atoms with Gasteiger partial charge in [0.05, 0.1) is 18.3 Å². The first-order valence-electron chi connectivity index (χ1n) is 8.42. The monoisotopic (exact) mass is 289 g/mol. The van der Waals surface area contributed by atoms with E-state index in [-0.39, 0.29) is 0 Å². The molecule has 2 N–H and O–H groups in total. The van der Waals surface area contributed by atoms with Gasteiger partial charge in [0.1, 0.15) is 0 Å². The molecular weight excluding hydrogens is 262 g/mol. The second-order valence-electron chi connectivity index (χ2n) is 6.30. The molecule has 2 aliphatic rings. The third kappa shape index (κ3) is 3.77. The molecule has 0 aromatic carbocycles.